The zero-order chi connectivity index (χ0) is 15.0. The highest BCUT2D eigenvalue weighted by molar-refractivity contribution is 9.10. The fourth-order valence-corrected chi connectivity index (χ4v) is 2.79. The minimum atomic E-state index is -0.119. The van der Waals surface area contributed by atoms with E-state index in [9.17, 15) is 15.0 Å². The van der Waals surface area contributed by atoms with Crippen LogP contribution in [0.15, 0.2) is 40.9 Å². The molecule has 0 atom stereocenters. The van der Waals surface area contributed by atoms with E-state index in [4.69, 9.17) is 0 Å². The van der Waals surface area contributed by atoms with Crippen molar-refractivity contribution in [2.45, 2.75) is 13.0 Å². The minimum absolute atomic E-state index is 0.0518. The molecule has 21 heavy (non-hydrogen) atoms. The lowest BCUT2D eigenvalue weighted by Crippen LogP contribution is -2.35. The first kappa shape index (κ1) is 13.9. The molecule has 2 aromatic rings. The van der Waals surface area contributed by atoms with E-state index < -0.39 is 0 Å². The van der Waals surface area contributed by atoms with Crippen LogP contribution in [-0.2, 0) is 13.0 Å². The van der Waals surface area contributed by atoms with Crippen molar-refractivity contribution in [3.63, 3.8) is 0 Å². The smallest absolute Gasteiger partial charge is 0.254 e. The van der Waals surface area contributed by atoms with Crippen molar-refractivity contribution >= 4 is 21.8 Å². The second-order valence-corrected chi connectivity index (χ2v) is 5.95. The summed E-state index contributed by atoms with van der Waals surface area (Å²) in [4.78, 5) is 14.2. The van der Waals surface area contributed by atoms with Crippen molar-refractivity contribution < 1.29 is 15.0 Å². The van der Waals surface area contributed by atoms with Crippen LogP contribution in [0.5, 0.6) is 11.5 Å². The van der Waals surface area contributed by atoms with E-state index in [2.05, 4.69) is 15.9 Å². The molecular weight excluding hydrogens is 334 g/mol. The van der Waals surface area contributed by atoms with Crippen molar-refractivity contribution in [3.05, 3.63) is 57.6 Å². The molecule has 0 bridgehead atoms. The number of carbonyl (C=O) groups excluding carboxylic acids is 1. The average Bonchev–Trinajstić information content (AvgIpc) is 2.48. The van der Waals surface area contributed by atoms with Crippen molar-refractivity contribution in [2.75, 3.05) is 6.54 Å². The molecule has 0 fully saturated rings. The summed E-state index contributed by atoms with van der Waals surface area (Å²) in [6, 6.07) is 10.1. The van der Waals surface area contributed by atoms with E-state index in [0.29, 0.717) is 23.1 Å². The quantitative estimate of drug-likeness (QED) is 0.833. The van der Waals surface area contributed by atoms with Gasteiger partial charge >= 0.3 is 0 Å². The van der Waals surface area contributed by atoms with E-state index in [0.717, 1.165) is 17.5 Å². The van der Waals surface area contributed by atoms with Gasteiger partial charge in [0.1, 0.15) is 11.5 Å². The summed E-state index contributed by atoms with van der Waals surface area (Å²) in [5.41, 5.74) is 2.59. The molecule has 0 spiro atoms. The highest BCUT2D eigenvalue weighted by Gasteiger charge is 2.22. The Morgan fingerprint density at radius 2 is 1.90 bits per heavy atom. The number of phenolic OH excluding ortho intramolecular Hbond substituents is 2. The third-order valence-electron chi connectivity index (χ3n) is 3.68. The number of phenols is 2. The Bertz CT molecular complexity index is 715. The molecule has 1 aliphatic rings. The highest BCUT2D eigenvalue weighted by Crippen LogP contribution is 2.27. The number of benzene rings is 2. The SMILES string of the molecule is O=C(c1ccc(Br)c(O)c1)N1CCc2ccc(O)cc2C1. The molecule has 0 unspecified atom stereocenters. The van der Waals surface area contributed by atoms with Crippen molar-refractivity contribution in [1.82, 2.24) is 4.90 Å². The van der Waals surface area contributed by atoms with E-state index in [-0.39, 0.29) is 17.4 Å². The third-order valence-corrected chi connectivity index (χ3v) is 4.35. The highest BCUT2D eigenvalue weighted by atomic mass is 79.9. The van der Waals surface area contributed by atoms with Crippen LogP contribution in [0.25, 0.3) is 0 Å². The molecular formula is C16H14BrNO3. The van der Waals surface area contributed by atoms with Crippen LogP contribution in [0.4, 0.5) is 0 Å². The maximum Gasteiger partial charge on any atom is 0.254 e. The van der Waals surface area contributed by atoms with Gasteiger partial charge < -0.3 is 15.1 Å². The molecule has 0 aliphatic carbocycles. The Hall–Kier alpha value is -2.01. The van der Waals surface area contributed by atoms with Gasteiger partial charge in [-0.05, 0) is 63.8 Å². The molecule has 108 valence electrons. The maximum absolute atomic E-state index is 12.5. The van der Waals surface area contributed by atoms with Crippen LogP contribution in [0.3, 0.4) is 0 Å². The normalized spacial score (nSPS) is 13.9. The first-order chi connectivity index (χ1) is 10.0. The molecule has 0 radical (unpaired) electrons. The largest absolute Gasteiger partial charge is 0.508 e. The number of nitrogens with zero attached hydrogens (tertiary/aromatic N) is 1. The van der Waals surface area contributed by atoms with Gasteiger partial charge in [-0.15, -0.1) is 0 Å². The van der Waals surface area contributed by atoms with Crippen LogP contribution < -0.4 is 0 Å². The van der Waals surface area contributed by atoms with E-state index >= 15 is 0 Å². The molecule has 5 heteroatoms. The number of fused-ring (bicyclic) bond motifs is 1. The van der Waals surface area contributed by atoms with Gasteiger partial charge in [0.15, 0.2) is 0 Å². The van der Waals surface area contributed by atoms with Gasteiger partial charge in [-0.1, -0.05) is 6.07 Å². The first-order valence-electron chi connectivity index (χ1n) is 6.63. The second-order valence-electron chi connectivity index (χ2n) is 5.10. The molecule has 2 N–H and O–H groups in total. The molecule has 0 saturated heterocycles. The minimum Gasteiger partial charge on any atom is -0.508 e. The van der Waals surface area contributed by atoms with Crippen LogP contribution in [0, 0.1) is 0 Å². The van der Waals surface area contributed by atoms with Gasteiger partial charge in [0.25, 0.3) is 5.91 Å². The zero-order valence-electron chi connectivity index (χ0n) is 11.2. The number of hydrogen-bond donors (Lipinski definition) is 2. The molecule has 2 aromatic carbocycles. The Balaban J connectivity index is 1.85. The summed E-state index contributed by atoms with van der Waals surface area (Å²) in [6.45, 7) is 1.10. The number of rotatable bonds is 1. The number of amides is 1. The molecule has 1 aliphatic heterocycles. The van der Waals surface area contributed by atoms with Crippen LogP contribution in [-0.4, -0.2) is 27.6 Å². The second kappa shape index (κ2) is 5.41. The fraction of sp³-hybridized carbons (Fsp3) is 0.188. The Kier molecular flexibility index (Phi) is 3.59. The van der Waals surface area contributed by atoms with E-state index in [1.807, 2.05) is 6.07 Å². The third kappa shape index (κ3) is 2.74. The molecule has 3 rings (SSSR count). The molecule has 1 amide bonds. The number of halogens is 1. The van der Waals surface area contributed by atoms with Gasteiger partial charge in [0.2, 0.25) is 0 Å². The fourth-order valence-electron chi connectivity index (χ4n) is 2.55. The number of carbonyl (C=O) groups is 1. The Morgan fingerprint density at radius 3 is 2.67 bits per heavy atom. The summed E-state index contributed by atoms with van der Waals surface area (Å²) in [5, 5.41) is 19.2. The number of aromatic hydroxyl groups is 2. The molecule has 1 heterocycles. The lowest BCUT2D eigenvalue weighted by molar-refractivity contribution is 0.0734. The lowest BCUT2D eigenvalue weighted by Gasteiger charge is -2.29. The Morgan fingerprint density at radius 1 is 1.10 bits per heavy atom. The molecule has 0 saturated carbocycles. The van der Waals surface area contributed by atoms with Crippen LogP contribution in [0.2, 0.25) is 0 Å². The van der Waals surface area contributed by atoms with Crippen molar-refractivity contribution in [1.29, 1.82) is 0 Å². The van der Waals surface area contributed by atoms with Crippen molar-refractivity contribution in [3.8, 4) is 11.5 Å². The van der Waals surface area contributed by atoms with Gasteiger partial charge in [0.05, 0.1) is 4.47 Å². The summed E-state index contributed by atoms with van der Waals surface area (Å²) < 4.78 is 0.563. The summed E-state index contributed by atoms with van der Waals surface area (Å²) >= 11 is 3.20. The monoisotopic (exact) mass is 347 g/mol. The standard InChI is InChI=1S/C16H14BrNO3/c17-14-4-2-11(8-15(14)20)16(21)18-6-5-10-1-3-13(19)7-12(10)9-18/h1-4,7-8,19-20H,5-6,9H2. The Labute approximate surface area is 130 Å². The van der Waals surface area contributed by atoms with Gasteiger partial charge in [-0.25, -0.2) is 0 Å². The predicted molar refractivity (Wildman–Crippen MR) is 82.4 cm³/mol. The first-order valence-corrected chi connectivity index (χ1v) is 7.42. The van der Waals surface area contributed by atoms with E-state index in [1.54, 1.807) is 29.2 Å². The molecule has 4 nitrogen and oxygen atoms in total. The number of hydrogen-bond acceptors (Lipinski definition) is 3. The molecule has 0 aromatic heterocycles. The van der Waals surface area contributed by atoms with E-state index in [1.165, 1.54) is 6.07 Å². The summed E-state index contributed by atoms with van der Waals surface area (Å²) in [6.07, 6.45) is 0.768. The zero-order valence-corrected chi connectivity index (χ0v) is 12.8. The lowest BCUT2D eigenvalue weighted by atomic mass is 9.99. The van der Waals surface area contributed by atoms with Crippen LogP contribution >= 0.6 is 15.9 Å². The van der Waals surface area contributed by atoms with Crippen molar-refractivity contribution in [2.24, 2.45) is 0 Å². The topological polar surface area (TPSA) is 60.8 Å². The van der Waals surface area contributed by atoms with Gasteiger partial charge in [0, 0.05) is 18.7 Å². The summed E-state index contributed by atoms with van der Waals surface area (Å²) in [7, 11) is 0. The van der Waals surface area contributed by atoms with Gasteiger partial charge in [-0.2, -0.15) is 0 Å². The average molecular weight is 348 g/mol. The van der Waals surface area contributed by atoms with Gasteiger partial charge in [-0.3, -0.25) is 4.79 Å². The predicted octanol–water partition coefficient (Wildman–Crippen LogP) is 3.06. The summed E-state index contributed by atoms with van der Waals surface area (Å²) in [5.74, 6) is 0.145. The van der Waals surface area contributed by atoms with Crippen LogP contribution in [0.1, 0.15) is 21.5 Å². The maximum atomic E-state index is 12.5.